The molecule has 1 unspecified atom stereocenters. The summed E-state index contributed by atoms with van der Waals surface area (Å²) in [6.07, 6.45) is 8.05. The van der Waals surface area contributed by atoms with Crippen molar-refractivity contribution in [1.29, 1.82) is 0 Å². The molecule has 0 amide bonds. The molecule has 0 spiro atoms. The molecule has 0 saturated carbocycles. The van der Waals surface area contributed by atoms with E-state index in [1.165, 1.54) is 37.1 Å². The van der Waals surface area contributed by atoms with Gasteiger partial charge in [-0.05, 0) is 38.2 Å². The van der Waals surface area contributed by atoms with E-state index in [1.807, 2.05) is 0 Å². The standard InChI is InChI=1S/C23H34N6.HI/c1-2-24-23(28-17-14-20(18-28)19-10-5-3-6-11-19)25-15-9-13-22-27-26-21-12-7-4-8-16-29(21)22;/h3,5-6,10-11,20H,2,4,7-9,12-18H2,1H3,(H,24,25);1H. The number of aromatic nitrogens is 3. The summed E-state index contributed by atoms with van der Waals surface area (Å²) < 4.78 is 2.35. The Bertz CT molecular complexity index is 803. The van der Waals surface area contributed by atoms with Crippen LogP contribution in [0.2, 0.25) is 0 Å². The fourth-order valence-corrected chi connectivity index (χ4v) is 4.53. The van der Waals surface area contributed by atoms with Gasteiger partial charge in [-0.3, -0.25) is 4.99 Å². The maximum Gasteiger partial charge on any atom is 0.193 e. The van der Waals surface area contributed by atoms with Crippen molar-refractivity contribution < 1.29 is 0 Å². The minimum absolute atomic E-state index is 0. The van der Waals surface area contributed by atoms with Crippen molar-refractivity contribution in [2.24, 2.45) is 4.99 Å². The molecule has 1 N–H and O–H groups in total. The summed E-state index contributed by atoms with van der Waals surface area (Å²) in [5, 5.41) is 12.4. The third-order valence-electron chi connectivity index (χ3n) is 6.10. The summed E-state index contributed by atoms with van der Waals surface area (Å²) in [6.45, 7) is 7.08. The van der Waals surface area contributed by atoms with Gasteiger partial charge >= 0.3 is 0 Å². The molecule has 0 aliphatic carbocycles. The fourth-order valence-electron chi connectivity index (χ4n) is 4.53. The number of aryl methyl sites for hydroxylation is 2. The van der Waals surface area contributed by atoms with Crippen LogP contribution in [0.3, 0.4) is 0 Å². The quantitative estimate of drug-likeness (QED) is 0.270. The summed E-state index contributed by atoms with van der Waals surface area (Å²) >= 11 is 0. The SMILES string of the molecule is CCNC(=NCCCc1nnc2n1CCCCC2)N1CCC(c2ccccc2)C1.I. The molecule has 30 heavy (non-hydrogen) atoms. The Kier molecular flexibility index (Phi) is 8.96. The molecule has 4 rings (SSSR count). The van der Waals surface area contributed by atoms with Gasteiger partial charge in [0.05, 0.1) is 0 Å². The van der Waals surface area contributed by atoms with Crippen molar-refractivity contribution in [2.75, 3.05) is 26.2 Å². The van der Waals surface area contributed by atoms with Crippen molar-refractivity contribution in [3.8, 4) is 0 Å². The van der Waals surface area contributed by atoms with E-state index in [4.69, 9.17) is 4.99 Å². The third-order valence-corrected chi connectivity index (χ3v) is 6.10. The molecule has 2 aliphatic rings. The first-order chi connectivity index (χ1) is 14.3. The second-order valence-electron chi connectivity index (χ2n) is 8.18. The maximum absolute atomic E-state index is 4.93. The van der Waals surface area contributed by atoms with Crippen molar-refractivity contribution in [1.82, 2.24) is 25.0 Å². The van der Waals surface area contributed by atoms with Crippen molar-refractivity contribution in [3.05, 3.63) is 47.5 Å². The van der Waals surface area contributed by atoms with Crippen LogP contribution in [0.1, 0.15) is 62.2 Å². The summed E-state index contributed by atoms with van der Waals surface area (Å²) in [4.78, 5) is 7.35. The van der Waals surface area contributed by atoms with Gasteiger partial charge in [-0.15, -0.1) is 34.2 Å². The molecule has 1 aromatic heterocycles. The Balaban J connectivity index is 0.00000256. The molecule has 1 atom stereocenters. The number of hydrogen-bond acceptors (Lipinski definition) is 3. The van der Waals surface area contributed by atoms with Gasteiger partial charge < -0.3 is 14.8 Å². The fraction of sp³-hybridized carbons (Fsp3) is 0.609. The van der Waals surface area contributed by atoms with Gasteiger partial charge in [0.25, 0.3) is 0 Å². The lowest BCUT2D eigenvalue weighted by molar-refractivity contribution is 0.485. The largest absolute Gasteiger partial charge is 0.357 e. The summed E-state index contributed by atoms with van der Waals surface area (Å²) in [5.74, 6) is 3.99. The Morgan fingerprint density at radius 2 is 2.00 bits per heavy atom. The summed E-state index contributed by atoms with van der Waals surface area (Å²) in [5.41, 5.74) is 1.44. The van der Waals surface area contributed by atoms with Gasteiger partial charge in [-0.25, -0.2) is 0 Å². The first-order valence-electron chi connectivity index (χ1n) is 11.3. The summed E-state index contributed by atoms with van der Waals surface area (Å²) in [6, 6.07) is 10.9. The normalized spacial score (nSPS) is 19.2. The van der Waals surface area contributed by atoms with Gasteiger partial charge in [0.1, 0.15) is 11.6 Å². The monoisotopic (exact) mass is 522 g/mol. The number of guanidine groups is 1. The number of nitrogens with zero attached hydrogens (tertiary/aromatic N) is 5. The molecular weight excluding hydrogens is 487 g/mol. The molecule has 164 valence electrons. The number of hydrogen-bond donors (Lipinski definition) is 1. The van der Waals surface area contributed by atoms with Crippen LogP contribution in [-0.2, 0) is 19.4 Å². The third kappa shape index (κ3) is 5.74. The Morgan fingerprint density at radius 3 is 2.83 bits per heavy atom. The highest BCUT2D eigenvalue weighted by Crippen LogP contribution is 2.26. The molecule has 0 bridgehead atoms. The zero-order chi connectivity index (χ0) is 19.9. The lowest BCUT2D eigenvalue weighted by atomic mass is 9.99. The van der Waals surface area contributed by atoms with Crippen LogP contribution in [0.4, 0.5) is 0 Å². The number of rotatable bonds is 6. The van der Waals surface area contributed by atoms with E-state index in [0.717, 1.165) is 63.8 Å². The van der Waals surface area contributed by atoms with E-state index in [0.29, 0.717) is 5.92 Å². The van der Waals surface area contributed by atoms with E-state index >= 15 is 0 Å². The van der Waals surface area contributed by atoms with Crippen LogP contribution in [0.5, 0.6) is 0 Å². The zero-order valence-electron chi connectivity index (χ0n) is 18.1. The van der Waals surface area contributed by atoms with Crippen LogP contribution < -0.4 is 5.32 Å². The Morgan fingerprint density at radius 1 is 1.13 bits per heavy atom. The van der Waals surface area contributed by atoms with Crippen molar-refractivity contribution in [3.63, 3.8) is 0 Å². The topological polar surface area (TPSA) is 58.3 Å². The van der Waals surface area contributed by atoms with Crippen LogP contribution in [0.25, 0.3) is 0 Å². The van der Waals surface area contributed by atoms with E-state index in [2.05, 4.69) is 62.2 Å². The molecule has 3 heterocycles. The molecule has 7 heteroatoms. The Labute approximate surface area is 197 Å². The second kappa shape index (κ2) is 11.7. The summed E-state index contributed by atoms with van der Waals surface area (Å²) in [7, 11) is 0. The molecule has 1 aromatic carbocycles. The van der Waals surface area contributed by atoms with Gasteiger partial charge in [-0.2, -0.15) is 0 Å². The number of fused-ring (bicyclic) bond motifs is 1. The van der Waals surface area contributed by atoms with Crippen LogP contribution in [-0.4, -0.2) is 51.8 Å². The minimum Gasteiger partial charge on any atom is -0.357 e. The molecular formula is C23H35IN6. The highest BCUT2D eigenvalue weighted by molar-refractivity contribution is 14.0. The van der Waals surface area contributed by atoms with E-state index in [-0.39, 0.29) is 24.0 Å². The van der Waals surface area contributed by atoms with E-state index in [1.54, 1.807) is 0 Å². The molecule has 2 aromatic rings. The molecule has 1 fully saturated rings. The van der Waals surface area contributed by atoms with Crippen LogP contribution >= 0.6 is 24.0 Å². The first-order valence-corrected chi connectivity index (χ1v) is 11.3. The van der Waals surface area contributed by atoms with Crippen molar-refractivity contribution in [2.45, 2.75) is 64.3 Å². The predicted octanol–water partition coefficient (Wildman–Crippen LogP) is 4.01. The Hall–Kier alpha value is -1.64. The average molecular weight is 522 g/mol. The lowest BCUT2D eigenvalue weighted by Gasteiger charge is -2.21. The molecule has 1 saturated heterocycles. The van der Waals surface area contributed by atoms with Gasteiger partial charge in [0.15, 0.2) is 5.96 Å². The molecule has 0 radical (unpaired) electrons. The number of aliphatic imine (C=N–C) groups is 1. The van der Waals surface area contributed by atoms with Gasteiger partial charge in [0.2, 0.25) is 0 Å². The lowest BCUT2D eigenvalue weighted by Crippen LogP contribution is -2.40. The van der Waals surface area contributed by atoms with Crippen LogP contribution in [0.15, 0.2) is 35.3 Å². The van der Waals surface area contributed by atoms with Crippen LogP contribution in [0, 0.1) is 0 Å². The maximum atomic E-state index is 4.93. The predicted molar refractivity (Wildman–Crippen MR) is 133 cm³/mol. The number of benzene rings is 1. The van der Waals surface area contributed by atoms with E-state index < -0.39 is 0 Å². The zero-order valence-corrected chi connectivity index (χ0v) is 20.4. The van der Waals surface area contributed by atoms with Gasteiger partial charge in [-0.1, -0.05) is 36.8 Å². The highest BCUT2D eigenvalue weighted by Gasteiger charge is 2.25. The smallest absolute Gasteiger partial charge is 0.193 e. The number of nitrogens with one attached hydrogen (secondary N) is 1. The van der Waals surface area contributed by atoms with E-state index in [9.17, 15) is 0 Å². The highest BCUT2D eigenvalue weighted by atomic mass is 127. The first kappa shape index (κ1) is 23.0. The van der Waals surface area contributed by atoms with Gasteiger partial charge in [0, 0.05) is 51.5 Å². The number of halogens is 1. The second-order valence-corrected chi connectivity index (χ2v) is 8.18. The minimum atomic E-state index is 0. The molecule has 6 nitrogen and oxygen atoms in total. The number of likely N-dealkylation sites (tertiary alicyclic amines) is 1. The van der Waals surface area contributed by atoms with Crippen molar-refractivity contribution >= 4 is 29.9 Å². The average Bonchev–Trinajstić information content (AvgIpc) is 3.32. The molecule has 2 aliphatic heterocycles.